The van der Waals surface area contributed by atoms with Gasteiger partial charge in [-0.15, -0.1) is 12.6 Å². The minimum atomic E-state index is -4.58. The molecule has 0 saturated heterocycles. The zero-order valence-corrected chi connectivity index (χ0v) is 27.2. The van der Waals surface area contributed by atoms with E-state index in [-0.39, 0.29) is 48.8 Å². The number of aliphatic hydroxyl groups is 1. The van der Waals surface area contributed by atoms with Gasteiger partial charge in [-0.2, -0.15) is 13.2 Å². The van der Waals surface area contributed by atoms with E-state index in [9.17, 15) is 37.5 Å². The van der Waals surface area contributed by atoms with Crippen molar-refractivity contribution in [1.29, 1.82) is 0 Å². The average Bonchev–Trinajstić information content (AvgIpc) is 3.33. The number of fused-ring (bicyclic) bond motifs is 5. The molecular formula is C35H37F5O6S. The number of Topliss-reactive ketones (excluding diaryl/α,β-unsaturated/α-hetero) is 1. The lowest BCUT2D eigenvalue weighted by molar-refractivity contribution is -0.209. The van der Waals surface area contributed by atoms with Crippen LogP contribution in [0.25, 0.3) is 0 Å². The average molecular weight is 681 g/mol. The van der Waals surface area contributed by atoms with E-state index in [1.54, 1.807) is 0 Å². The maximum Gasteiger partial charge on any atom is 0.416 e. The topological polar surface area (TPSA) is 97.7 Å². The van der Waals surface area contributed by atoms with E-state index in [2.05, 4.69) is 12.6 Å². The van der Waals surface area contributed by atoms with Gasteiger partial charge in [0.05, 0.1) is 5.56 Å². The molecule has 0 heterocycles. The Morgan fingerprint density at radius 3 is 2.23 bits per heavy atom. The zero-order valence-electron chi connectivity index (χ0n) is 26.3. The quantitative estimate of drug-likeness (QED) is 0.147. The number of ether oxygens (including phenoxy) is 1. The highest BCUT2D eigenvalue weighted by Gasteiger charge is 2.70. The summed E-state index contributed by atoms with van der Waals surface area (Å²) in [7, 11) is 0. The molecule has 4 saturated carbocycles. The molecule has 1 aromatic carbocycles. The number of benzene rings is 1. The summed E-state index contributed by atoms with van der Waals surface area (Å²) in [5.74, 6) is -3.19. The van der Waals surface area contributed by atoms with Crippen LogP contribution in [0.1, 0.15) is 88.1 Å². The second-order valence-electron chi connectivity index (χ2n) is 14.8. The number of hydrogen-bond donors (Lipinski definition) is 2. The molecule has 12 heteroatoms. The summed E-state index contributed by atoms with van der Waals surface area (Å²) in [6.45, 7) is 4.90. The lowest BCUT2D eigenvalue weighted by atomic mass is 9.46. The van der Waals surface area contributed by atoms with E-state index < -0.39 is 92.4 Å². The van der Waals surface area contributed by atoms with Crippen molar-refractivity contribution >= 4 is 35.3 Å². The maximum atomic E-state index is 17.7. The molecule has 4 fully saturated rings. The molecule has 0 aromatic heterocycles. The van der Waals surface area contributed by atoms with Crippen LogP contribution in [0, 0.1) is 28.1 Å². The van der Waals surface area contributed by atoms with Crippen LogP contribution in [-0.2, 0) is 25.3 Å². The monoisotopic (exact) mass is 680 g/mol. The summed E-state index contributed by atoms with van der Waals surface area (Å²) in [6, 6.07) is 3.61. The van der Waals surface area contributed by atoms with E-state index in [0.717, 1.165) is 30.3 Å². The standard InChI is InChI=1S/C35H37F5O6S/c1-30-10-12-33(37)22(21(30)8-9-27(30)46-28(43)31(2)11-13-34(31,45)29(44)47)15-24(36)23-16-26(42)19(17-32(23,33)3)14-25(41)18-4-6-20(7-5-18)35(38,39)40/h4-7,16-17,21-22,24,27,45H,8-15H2,1-3H3,(H,44,47)/t21-,22-,24-,27-,30-,31?,32-,33+,34+/m0/s1. The van der Waals surface area contributed by atoms with Gasteiger partial charge in [0.1, 0.15) is 29.0 Å². The number of halogens is 5. The number of alkyl halides is 5. The van der Waals surface area contributed by atoms with Gasteiger partial charge in [-0.3, -0.25) is 19.2 Å². The lowest BCUT2D eigenvalue weighted by Crippen LogP contribution is -2.65. The molecular weight excluding hydrogens is 643 g/mol. The molecule has 1 aromatic rings. The maximum absolute atomic E-state index is 17.7. The Labute approximate surface area is 274 Å². The molecule has 0 spiro atoms. The molecule has 47 heavy (non-hydrogen) atoms. The molecule has 5 aliphatic rings. The van der Waals surface area contributed by atoms with E-state index in [1.807, 2.05) is 6.92 Å². The van der Waals surface area contributed by atoms with Crippen molar-refractivity contribution in [2.45, 2.75) is 102 Å². The second-order valence-corrected chi connectivity index (χ2v) is 15.2. The number of carbonyl (C=O) groups excluding carboxylic acids is 4. The van der Waals surface area contributed by atoms with Gasteiger partial charge < -0.3 is 9.84 Å². The number of esters is 1. The van der Waals surface area contributed by atoms with Crippen LogP contribution >= 0.6 is 12.6 Å². The van der Waals surface area contributed by atoms with E-state index in [1.165, 1.54) is 19.9 Å². The molecule has 0 amide bonds. The normalized spacial score (nSPS) is 41.0. The highest BCUT2D eigenvalue weighted by molar-refractivity contribution is 7.96. The van der Waals surface area contributed by atoms with Crippen molar-refractivity contribution in [2.75, 3.05) is 0 Å². The summed E-state index contributed by atoms with van der Waals surface area (Å²) in [4.78, 5) is 51.6. The van der Waals surface area contributed by atoms with Gasteiger partial charge in [0.15, 0.2) is 11.6 Å². The van der Waals surface area contributed by atoms with Gasteiger partial charge >= 0.3 is 12.1 Å². The fourth-order valence-electron chi connectivity index (χ4n) is 9.26. The Bertz CT molecular complexity index is 1620. The van der Waals surface area contributed by atoms with Crippen LogP contribution in [-0.4, -0.2) is 51.3 Å². The van der Waals surface area contributed by atoms with Gasteiger partial charge in [0, 0.05) is 34.3 Å². The van der Waals surface area contributed by atoms with Crippen LogP contribution in [0.2, 0.25) is 0 Å². The number of ketones is 2. The van der Waals surface area contributed by atoms with Crippen molar-refractivity contribution in [3.05, 3.63) is 58.7 Å². The molecule has 254 valence electrons. The third-order valence-electron chi connectivity index (χ3n) is 12.6. The predicted octanol–water partition coefficient (Wildman–Crippen LogP) is 6.90. The largest absolute Gasteiger partial charge is 0.461 e. The molecule has 9 atom stereocenters. The number of allylic oxidation sites excluding steroid dienone is 4. The third-order valence-corrected chi connectivity index (χ3v) is 13.0. The number of rotatable bonds is 6. The lowest BCUT2D eigenvalue weighted by Gasteiger charge is -2.60. The summed E-state index contributed by atoms with van der Waals surface area (Å²) in [5.41, 5.74) is -8.71. The highest BCUT2D eigenvalue weighted by atomic mass is 32.1. The van der Waals surface area contributed by atoms with Crippen LogP contribution in [0.15, 0.2) is 47.6 Å². The minimum Gasteiger partial charge on any atom is -0.461 e. The number of hydrogen-bond acceptors (Lipinski definition) is 6. The predicted molar refractivity (Wildman–Crippen MR) is 163 cm³/mol. The van der Waals surface area contributed by atoms with Crippen LogP contribution in [0.4, 0.5) is 22.0 Å². The van der Waals surface area contributed by atoms with Gasteiger partial charge in [0.25, 0.3) is 0 Å². The Kier molecular flexibility index (Phi) is 7.83. The first kappa shape index (κ1) is 34.0. The summed E-state index contributed by atoms with van der Waals surface area (Å²) >= 11 is 3.77. The summed E-state index contributed by atoms with van der Waals surface area (Å²) in [5, 5.41) is 9.97. The van der Waals surface area contributed by atoms with Crippen LogP contribution in [0.5, 0.6) is 0 Å². The highest BCUT2D eigenvalue weighted by Crippen LogP contribution is 2.69. The van der Waals surface area contributed by atoms with E-state index in [4.69, 9.17) is 4.74 Å². The molecule has 0 aliphatic heterocycles. The molecule has 5 aliphatic carbocycles. The fraction of sp³-hybridized carbons (Fsp3) is 0.600. The minimum absolute atomic E-state index is 0.00479. The molecule has 0 radical (unpaired) electrons. The Morgan fingerprint density at radius 1 is 1.00 bits per heavy atom. The molecule has 1 unspecified atom stereocenters. The summed E-state index contributed by atoms with van der Waals surface area (Å²) in [6.07, 6.45) is -3.72. The van der Waals surface area contributed by atoms with Crippen LogP contribution in [0.3, 0.4) is 0 Å². The van der Waals surface area contributed by atoms with Crippen molar-refractivity contribution < 1.29 is 51.0 Å². The molecule has 1 N–H and O–H groups in total. The first-order valence-electron chi connectivity index (χ1n) is 15.9. The Morgan fingerprint density at radius 2 is 1.66 bits per heavy atom. The third kappa shape index (κ3) is 4.82. The molecule has 6 nitrogen and oxygen atoms in total. The molecule has 6 rings (SSSR count). The van der Waals surface area contributed by atoms with Crippen molar-refractivity contribution in [1.82, 2.24) is 0 Å². The fourth-order valence-corrected chi connectivity index (χ4v) is 9.62. The Hall–Kier alpha value is -2.86. The Balaban J connectivity index is 1.25. The van der Waals surface area contributed by atoms with Crippen molar-refractivity contribution in [2.24, 2.45) is 28.1 Å². The van der Waals surface area contributed by atoms with Crippen LogP contribution < -0.4 is 0 Å². The van der Waals surface area contributed by atoms with Gasteiger partial charge in [0.2, 0.25) is 5.12 Å². The SMILES string of the molecule is CC1(C(=O)O[C@H]2CC[C@H]3[C@@H]4C[C@H](F)C5=CC(=O)C(CC(=O)c6ccc(C(F)(F)F)cc6)=C[C@]5(C)[C@@]4(F)CC[C@]23C)CC[C@@]1(O)C(=O)S. The van der Waals surface area contributed by atoms with Gasteiger partial charge in [-0.05, 0) is 88.5 Å². The van der Waals surface area contributed by atoms with E-state index in [0.29, 0.717) is 12.8 Å². The zero-order chi connectivity index (χ0) is 34.5. The van der Waals surface area contributed by atoms with Crippen molar-refractivity contribution in [3.8, 4) is 0 Å². The van der Waals surface area contributed by atoms with Crippen molar-refractivity contribution in [3.63, 3.8) is 0 Å². The molecule has 0 bridgehead atoms. The summed E-state index contributed by atoms with van der Waals surface area (Å²) < 4.78 is 78.7. The second kappa shape index (κ2) is 10.8. The number of carbonyl (C=O) groups is 4. The first-order chi connectivity index (χ1) is 21.7. The van der Waals surface area contributed by atoms with Gasteiger partial charge in [-0.1, -0.05) is 25.1 Å². The number of thiol groups is 1. The first-order valence-corrected chi connectivity index (χ1v) is 16.3. The van der Waals surface area contributed by atoms with E-state index >= 15 is 8.78 Å². The smallest absolute Gasteiger partial charge is 0.416 e. The van der Waals surface area contributed by atoms with Gasteiger partial charge in [-0.25, -0.2) is 8.78 Å².